The zero-order valence-corrected chi connectivity index (χ0v) is 13.6. The predicted octanol–water partition coefficient (Wildman–Crippen LogP) is 4.84. The van der Waals surface area contributed by atoms with Crippen molar-refractivity contribution in [1.29, 1.82) is 0 Å². The number of aromatic nitrogens is 2. The molecule has 1 aromatic carbocycles. The van der Waals surface area contributed by atoms with Crippen molar-refractivity contribution in [3.8, 4) is 5.75 Å². The van der Waals surface area contributed by atoms with Crippen LogP contribution >= 0.6 is 34.8 Å². The molecule has 0 saturated heterocycles. The number of rotatable bonds is 6. The standard InChI is InChI=1S/C14H14Cl3N3O/c1-2-3-18-14-7-19-9(6-20-14)8-21-13-5-11(16)10(15)4-12(13)17/h4-7H,2-3,8H2,1H3,(H,18,20). The van der Waals surface area contributed by atoms with E-state index in [0.717, 1.165) is 18.8 Å². The molecule has 0 saturated carbocycles. The van der Waals surface area contributed by atoms with Crippen molar-refractivity contribution in [2.45, 2.75) is 20.0 Å². The first-order valence-electron chi connectivity index (χ1n) is 6.42. The van der Waals surface area contributed by atoms with E-state index < -0.39 is 0 Å². The van der Waals surface area contributed by atoms with Crippen LogP contribution in [0.5, 0.6) is 5.75 Å². The molecule has 0 aliphatic heterocycles. The van der Waals surface area contributed by atoms with E-state index in [0.29, 0.717) is 26.5 Å². The summed E-state index contributed by atoms with van der Waals surface area (Å²) in [5, 5.41) is 4.33. The fourth-order valence-corrected chi connectivity index (χ4v) is 2.13. The maximum Gasteiger partial charge on any atom is 0.144 e. The van der Waals surface area contributed by atoms with Crippen molar-refractivity contribution >= 4 is 40.6 Å². The molecule has 2 rings (SSSR count). The first kappa shape index (κ1) is 16.1. The number of nitrogens with zero attached hydrogens (tertiary/aromatic N) is 2. The van der Waals surface area contributed by atoms with Gasteiger partial charge in [0.2, 0.25) is 0 Å². The largest absolute Gasteiger partial charge is 0.486 e. The Morgan fingerprint density at radius 1 is 1.05 bits per heavy atom. The second-order valence-electron chi connectivity index (χ2n) is 4.31. The van der Waals surface area contributed by atoms with Gasteiger partial charge in [-0.25, -0.2) is 4.98 Å². The second-order valence-corrected chi connectivity index (χ2v) is 5.53. The molecule has 1 N–H and O–H groups in total. The molecule has 0 bridgehead atoms. The van der Waals surface area contributed by atoms with Crippen LogP contribution in [0, 0.1) is 0 Å². The summed E-state index contributed by atoms with van der Waals surface area (Å²) in [6.07, 6.45) is 4.36. The SMILES string of the molecule is CCCNc1cnc(COc2cc(Cl)c(Cl)cc2Cl)cn1. The van der Waals surface area contributed by atoms with Crippen molar-refractivity contribution in [2.24, 2.45) is 0 Å². The van der Waals surface area contributed by atoms with E-state index in [1.54, 1.807) is 24.5 Å². The molecule has 0 aliphatic rings. The number of nitrogens with one attached hydrogen (secondary N) is 1. The summed E-state index contributed by atoms with van der Waals surface area (Å²) in [5.74, 6) is 1.20. The molecule has 0 fully saturated rings. The minimum atomic E-state index is 0.249. The summed E-state index contributed by atoms with van der Waals surface area (Å²) in [6, 6.07) is 3.13. The molecule has 0 amide bonds. The van der Waals surface area contributed by atoms with Gasteiger partial charge in [-0.1, -0.05) is 41.7 Å². The Hall–Kier alpha value is -1.23. The molecule has 0 radical (unpaired) electrons. The highest BCUT2D eigenvalue weighted by molar-refractivity contribution is 6.43. The maximum atomic E-state index is 6.04. The van der Waals surface area contributed by atoms with Crippen LogP contribution in [0.4, 0.5) is 5.82 Å². The Morgan fingerprint density at radius 2 is 1.81 bits per heavy atom. The van der Waals surface area contributed by atoms with Crippen LogP contribution in [0.1, 0.15) is 19.0 Å². The third-order valence-electron chi connectivity index (χ3n) is 2.61. The van der Waals surface area contributed by atoms with Gasteiger partial charge in [-0.3, -0.25) is 4.98 Å². The van der Waals surface area contributed by atoms with Crippen molar-refractivity contribution < 1.29 is 4.74 Å². The van der Waals surface area contributed by atoms with Gasteiger partial charge in [0.25, 0.3) is 0 Å². The van der Waals surface area contributed by atoms with Crippen LogP contribution in [0.25, 0.3) is 0 Å². The average molecular weight is 347 g/mol. The second kappa shape index (κ2) is 7.69. The molecule has 7 heteroatoms. The van der Waals surface area contributed by atoms with E-state index in [4.69, 9.17) is 39.5 Å². The monoisotopic (exact) mass is 345 g/mol. The Balaban J connectivity index is 1.98. The third-order valence-corrected chi connectivity index (χ3v) is 3.63. The fourth-order valence-electron chi connectivity index (χ4n) is 1.54. The number of hydrogen-bond acceptors (Lipinski definition) is 4. The van der Waals surface area contributed by atoms with E-state index >= 15 is 0 Å². The van der Waals surface area contributed by atoms with Crippen LogP contribution in [0.15, 0.2) is 24.5 Å². The van der Waals surface area contributed by atoms with Gasteiger partial charge in [-0.05, 0) is 12.5 Å². The molecule has 2 aromatic rings. The zero-order chi connectivity index (χ0) is 15.2. The summed E-state index contributed by atoms with van der Waals surface area (Å²) in [4.78, 5) is 8.51. The summed E-state index contributed by atoms with van der Waals surface area (Å²) < 4.78 is 5.58. The smallest absolute Gasteiger partial charge is 0.144 e. The molecule has 112 valence electrons. The van der Waals surface area contributed by atoms with E-state index in [-0.39, 0.29) is 6.61 Å². The number of benzene rings is 1. The van der Waals surface area contributed by atoms with E-state index in [1.165, 1.54) is 0 Å². The number of halogens is 3. The number of hydrogen-bond donors (Lipinski definition) is 1. The van der Waals surface area contributed by atoms with Crippen molar-refractivity contribution in [3.05, 3.63) is 45.3 Å². The lowest BCUT2D eigenvalue weighted by atomic mass is 10.3. The molecular formula is C14H14Cl3N3O. The molecule has 0 aliphatic carbocycles. The summed E-state index contributed by atoms with van der Waals surface area (Å²) >= 11 is 17.8. The first-order chi connectivity index (χ1) is 10.1. The topological polar surface area (TPSA) is 47.0 Å². The van der Waals surface area contributed by atoms with Crippen LogP contribution in [-0.2, 0) is 6.61 Å². The normalized spacial score (nSPS) is 10.5. The minimum absolute atomic E-state index is 0.249. The van der Waals surface area contributed by atoms with Gasteiger partial charge in [0.15, 0.2) is 0 Å². The van der Waals surface area contributed by atoms with Gasteiger partial charge in [-0.15, -0.1) is 0 Å². The maximum absolute atomic E-state index is 6.04. The average Bonchev–Trinajstić information content (AvgIpc) is 2.48. The summed E-state index contributed by atoms with van der Waals surface area (Å²) in [6.45, 7) is 3.20. The third kappa shape index (κ3) is 4.63. The summed E-state index contributed by atoms with van der Waals surface area (Å²) in [5.41, 5.74) is 0.694. The molecule has 0 spiro atoms. The number of ether oxygens (including phenoxy) is 1. The van der Waals surface area contributed by atoms with E-state index in [2.05, 4.69) is 22.2 Å². The molecule has 0 atom stereocenters. The highest BCUT2D eigenvalue weighted by Gasteiger charge is 2.08. The van der Waals surface area contributed by atoms with Crippen LogP contribution in [0.2, 0.25) is 15.1 Å². The van der Waals surface area contributed by atoms with Gasteiger partial charge in [0.05, 0.1) is 33.2 Å². The molecule has 21 heavy (non-hydrogen) atoms. The lowest BCUT2D eigenvalue weighted by Gasteiger charge is -2.09. The molecule has 4 nitrogen and oxygen atoms in total. The van der Waals surface area contributed by atoms with Gasteiger partial charge in [0.1, 0.15) is 18.2 Å². The molecule has 0 unspecified atom stereocenters. The number of anilines is 1. The molecular weight excluding hydrogens is 333 g/mol. The zero-order valence-electron chi connectivity index (χ0n) is 11.4. The van der Waals surface area contributed by atoms with Gasteiger partial charge in [-0.2, -0.15) is 0 Å². The van der Waals surface area contributed by atoms with Gasteiger partial charge >= 0.3 is 0 Å². The first-order valence-corrected chi connectivity index (χ1v) is 7.55. The van der Waals surface area contributed by atoms with Crippen molar-refractivity contribution in [3.63, 3.8) is 0 Å². The Morgan fingerprint density at radius 3 is 2.48 bits per heavy atom. The quantitative estimate of drug-likeness (QED) is 0.760. The fraction of sp³-hybridized carbons (Fsp3) is 0.286. The van der Waals surface area contributed by atoms with Crippen LogP contribution in [-0.4, -0.2) is 16.5 Å². The Bertz CT molecular complexity index is 605. The molecule has 1 heterocycles. The highest BCUT2D eigenvalue weighted by Crippen LogP contribution is 2.34. The van der Waals surface area contributed by atoms with Gasteiger partial charge in [0, 0.05) is 12.6 Å². The van der Waals surface area contributed by atoms with Crippen LogP contribution in [0.3, 0.4) is 0 Å². The predicted molar refractivity (Wildman–Crippen MR) is 86.6 cm³/mol. The molecule has 1 aromatic heterocycles. The highest BCUT2D eigenvalue weighted by atomic mass is 35.5. The lowest BCUT2D eigenvalue weighted by Crippen LogP contribution is -2.04. The van der Waals surface area contributed by atoms with Crippen molar-refractivity contribution in [1.82, 2.24) is 9.97 Å². The van der Waals surface area contributed by atoms with E-state index in [1.807, 2.05) is 0 Å². The van der Waals surface area contributed by atoms with E-state index in [9.17, 15) is 0 Å². The lowest BCUT2D eigenvalue weighted by molar-refractivity contribution is 0.301. The Labute approximate surface area is 138 Å². The Kier molecular flexibility index (Phi) is 5.91. The van der Waals surface area contributed by atoms with Gasteiger partial charge < -0.3 is 10.1 Å². The summed E-state index contributed by atoms with van der Waals surface area (Å²) in [7, 11) is 0. The van der Waals surface area contributed by atoms with Crippen LogP contribution < -0.4 is 10.1 Å². The minimum Gasteiger partial charge on any atom is -0.486 e. The van der Waals surface area contributed by atoms with Crippen molar-refractivity contribution in [2.75, 3.05) is 11.9 Å².